The summed E-state index contributed by atoms with van der Waals surface area (Å²) in [7, 11) is 1.66. The third-order valence-electron chi connectivity index (χ3n) is 5.51. The van der Waals surface area contributed by atoms with E-state index >= 15 is 0 Å². The van der Waals surface area contributed by atoms with Gasteiger partial charge < -0.3 is 14.5 Å². The second-order valence-electron chi connectivity index (χ2n) is 7.53. The van der Waals surface area contributed by atoms with Crippen LogP contribution in [0.25, 0.3) is 11.0 Å². The van der Waals surface area contributed by atoms with E-state index in [1.165, 1.54) is 11.1 Å². The van der Waals surface area contributed by atoms with Crippen LogP contribution in [0, 0.1) is 19.8 Å². The van der Waals surface area contributed by atoms with Crippen molar-refractivity contribution in [3.8, 4) is 5.75 Å². The third-order valence-corrected chi connectivity index (χ3v) is 5.51. The Bertz CT molecular complexity index is 967. The molecule has 4 rings (SSSR count). The second-order valence-corrected chi connectivity index (χ2v) is 7.53. The van der Waals surface area contributed by atoms with Gasteiger partial charge in [0.05, 0.1) is 25.8 Å². The molecule has 1 fully saturated rings. The summed E-state index contributed by atoms with van der Waals surface area (Å²) in [6, 6.07) is 12.2. The first-order chi connectivity index (χ1) is 13.0. The number of hydrogen-bond donors (Lipinski definition) is 1. The van der Waals surface area contributed by atoms with Gasteiger partial charge in [0.2, 0.25) is 5.91 Å². The van der Waals surface area contributed by atoms with Gasteiger partial charge in [-0.15, -0.1) is 0 Å². The molecule has 140 valence electrons. The molecular formula is C23H25NO3. The van der Waals surface area contributed by atoms with Gasteiger partial charge in [0.25, 0.3) is 0 Å². The Balaban J connectivity index is 1.51. The van der Waals surface area contributed by atoms with Gasteiger partial charge in [0.15, 0.2) is 0 Å². The Hall–Kier alpha value is -2.75. The van der Waals surface area contributed by atoms with E-state index < -0.39 is 0 Å². The summed E-state index contributed by atoms with van der Waals surface area (Å²) >= 11 is 0. The molecular weight excluding hydrogens is 338 g/mol. The van der Waals surface area contributed by atoms with Gasteiger partial charge in [-0.1, -0.05) is 12.1 Å². The van der Waals surface area contributed by atoms with E-state index in [1.807, 2.05) is 30.3 Å². The van der Waals surface area contributed by atoms with Gasteiger partial charge in [-0.2, -0.15) is 0 Å². The molecule has 27 heavy (non-hydrogen) atoms. The molecule has 1 saturated carbocycles. The number of rotatable bonds is 6. The summed E-state index contributed by atoms with van der Waals surface area (Å²) < 4.78 is 10.9. The summed E-state index contributed by atoms with van der Waals surface area (Å²) in [5.74, 6) is 1.38. The topological polar surface area (TPSA) is 51.5 Å². The van der Waals surface area contributed by atoms with Crippen LogP contribution in [-0.2, 0) is 11.2 Å². The smallest absolute Gasteiger partial charge is 0.225 e. The fourth-order valence-corrected chi connectivity index (χ4v) is 3.58. The number of amides is 1. The summed E-state index contributed by atoms with van der Waals surface area (Å²) in [5, 5.41) is 4.27. The number of fused-ring (bicyclic) bond motifs is 1. The van der Waals surface area contributed by atoms with Crippen molar-refractivity contribution in [2.45, 2.75) is 39.2 Å². The monoisotopic (exact) mass is 363 g/mol. The average Bonchev–Trinajstić information content (AvgIpc) is 3.45. The Kier molecular flexibility index (Phi) is 4.65. The zero-order valence-electron chi connectivity index (χ0n) is 16.0. The van der Waals surface area contributed by atoms with E-state index in [2.05, 4.69) is 25.2 Å². The van der Waals surface area contributed by atoms with E-state index in [4.69, 9.17) is 9.15 Å². The SMILES string of the molecule is COc1ccc([C@H](NC(=O)Cc2coc3cc(C)c(C)cc23)C2CC2)cc1. The number of ether oxygens (including phenoxy) is 1. The average molecular weight is 363 g/mol. The molecule has 1 N–H and O–H groups in total. The highest BCUT2D eigenvalue weighted by atomic mass is 16.5. The van der Waals surface area contributed by atoms with Gasteiger partial charge >= 0.3 is 0 Å². The Labute approximate surface area is 159 Å². The summed E-state index contributed by atoms with van der Waals surface area (Å²) in [6.45, 7) is 4.15. The van der Waals surface area contributed by atoms with Crippen LogP contribution in [-0.4, -0.2) is 13.0 Å². The number of carbonyl (C=O) groups excluding carboxylic acids is 1. The minimum absolute atomic E-state index is 0.0312. The van der Waals surface area contributed by atoms with E-state index in [0.717, 1.165) is 40.7 Å². The van der Waals surface area contributed by atoms with Gasteiger partial charge in [-0.3, -0.25) is 4.79 Å². The van der Waals surface area contributed by atoms with Crippen LogP contribution in [0.2, 0.25) is 0 Å². The van der Waals surface area contributed by atoms with Crippen LogP contribution >= 0.6 is 0 Å². The van der Waals surface area contributed by atoms with Gasteiger partial charge in [0, 0.05) is 10.9 Å². The second kappa shape index (κ2) is 7.10. The zero-order valence-corrected chi connectivity index (χ0v) is 16.0. The van der Waals surface area contributed by atoms with E-state index in [-0.39, 0.29) is 11.9 Å². The fraction of sp³-hybridized carbons (Fsp3) is 0.348. The van der Waals surface area contributed by atoms with Gasteiger partial charge in [0.1, 0.15) is 11.3 Å². The maximum atomic E-state index is 12.8. The number of aryl methyl sites for hydroxylation is 2. The third kappa shape index (κ3) is 3.70. The summed E-state index contributed by atoms with van der Waals surface area (Å²) in [6.07, 6.45) is 4.35. The lowest BCUT2D eigenvalue weighted by atomic mass is 10.0. The van der Waals surface area contributed by atoms with E-state index in [9.17, 15) is 4.79 Å². The number of hydrogen-bond acceptors (Lipinski definition) is 3. The standard InChI is InChI=1S/C23H25NO3/c1-14-10-20-18(13-27-21(20)11-15(14)2)12-22(25)24-23(16-4-5-16)17-6-8-19(26-3)9-7-17/h6-11,13,16,23H,4-5,12H2,1-3H3,(H,24,25)/t23-/m1/s1. The molecule has 0 saturated heterocycles. The molecule has 1 aliphatic rings. The van der Waals surface area contributed by atoms with Crippen molar-refractivity contribution < 1.29 is 13.9 Å². The van der Waals surface area contributed by atoms with Gasteiger partial charge in [-0.05, 0) is 73.6 Å². The van der Waals surface area contributed by atoms with Crippen LogP contribution in [0.1, 0.15) is 41.1 Å². The lowest BCUT2D eigenvalue weighted by Crippen LogP contribution is -2.31. The first-order valence-corrected chi connectivity index (χ1v) is 9.46. The number of carbonyl (C=O) groups is 1. The van der Waals surface area contributed by atoms with E-state index in [1.54, 1.807) is 13.4 Å². The fourth-order valence-electron chi connectivity index (χ4n) is 3.58. The van der Waals surface area contributed by atoms with Gasteiger partial charge in [-0.25, -0.2) is 0 Å². The molecule has 1 heterocycles. The van der Waals surface area contributed by atoms with Crippen LogP contribution in [0.15, 0.2) is 47.1 Å². The van der Waals surface area contributed by atoms with Crippen molar-refractivity contribution >= 4 is 16.9 Å². The van der Waals surface area contributed by atoms with Crippen LogP contribution in [0.3, 0.4) is 0 Å². The Morgan fingerprint density at radius 3 is 2.56 bits per heavy atom. The highest BCUT2D eigenvalue weighted by Gasteiger charge is 2.33. The molecule has 4 heteroatoms. The first kappa shape index (κ1) is 17.7. The number of methoxy groups -OCH3 is 1. The maximum absolute atomic E-state index is 12.8. The molecule has 3 aromatic rings. The Morgan fingerprint density at radius 1 is 1.19 bits per heavy atom. The number of furan rings is 1. The quantitative estimate of drug-likeness (QED) is 0.680. The van der Waals surface area contributed by atoms with Crippen molar-refractivity contribution in [3.63, 3.8) is 0 Å². The number of benzene rings is 2. The van der Waals surface area contributed by atoms with Crippen LogP contribution in [0.4, 0.5) is 0 Å². The van der Waals surface area contributed by atoms with Crippen LogP contribution < -0.4 is 10.1 Å². The first-order valence-electron chi connectivity index (χ1n) is 9.46. The maximum Gasteiger partial charge on any atom is 0.225 e. The molecule has 4 nitrogen and oxygen atoms in total. The molecule has 0 aliphatic heterocycles. The van der Waals surface area contributed by atoms with Crippen molar-refractivity contribution in [1.29, 1.82) is 0 Å². The minimum atomic E-state index is 0.0312. The van der Waals surface area contributed by atoms with Crippen LogP contribution in [0.5, 0.6) is 5.75 Å². The molecule has 1 aliphatic carbocycles. The summed E-state index contributed by atoms with van der Waals surface area (Å²) in [4.78, 5) is 12.8. The zero-order chi connectivity index (χ0) is 19.0. The van der Waals surface area contributed by atoms with Crippen molar-refractivity contribution in [2.75, 3.05) is 7.11 Å². The molecule has 1 atom stereocenters. The van der Waals surface area contributed by atoms with Crippen molar-refractivity contribution in [1.82, 2.24) is 5.32 Å². The summed E-state index contributed by atoms with van der Waals surface area (Å²) in [5.41, 5.74) is 5.32. The molecule has 0 unspecified atom stereocenters. The molecule has 2 aromatic carbocycles. The lowest BCUT2D eigenvalue weighted by Gasteiger charge is -2.19. The molecule has 0 bridgehead atoms. The molecule has 1 amide bonds. The van der Waals surface area contributed by atoms with E-state index in [0.29, 0.717) is 12.3 Å². The molecule has 0 spiro atoms. The normalized spacial score (nSPS) is 14.9. The molecule has 0 radical (unpaired) electrons. The number of nitrogens with one attached hydrogen (secondary N) is 1. The molecule has 1 aromatic heterocycles. The minimum Gasteiger partial charge on any atom is -0.497 e. The largest absolute Gasteiger partial charge is 0.497 e. The predicted molar refractivity (Wildman–Crippen MR) is 106 cm³/mol. The van der Waals surface area contributed by atoms with Crippen molar-refractivity contribution in [3.05, 3.63) is 64.9 Å². The van der Waals surface area contributed by atoms with Crippen molar-refractivity contribution in [2.24, 2.45) is 5.92 Å². The predicted octanol–water partition coefficient (Wildman–Crippen LogP) is 4.87. The highest BCUT2D eigenvalue weighted by Crippen LogP contribution is 2.41. The Morgan fingerprint density at radius 2 is 1.89 bits per heavy atom. The lowest BCUT2D eigenvalue weighted by molar-refractivity contribution is -0.121. The highest BCUT2D eigenvalue weighted by molar-refractivity contribution is 5.88.